The van der Waals surface area contributed by atoms with E-state index >= 15 is 0 Å². The Morgan fingerprint density at radius 3 is 0.755 bits per heavy atom. The lowest BCUT2D eigenvalue weighted by atomic mass is 10.00. The molecule has 8 aromatic heterocycles. The summed E-state index contributed by atoms with van der Waals surface area (Å²) < 4.78 is 11.8. The molecule has 0 saturated carbocycles. The van der Waals surface area contributed by atoms with Crippen molar-refractivity contribution in [2.45, 2.75) is 246 Å². The highest BCUT2D eigenvalue weighted by atomic mass is 32.1. The van der Waals surface area contributed by atoms with Gasteiger partial charge in [-0.2, -0.15) is 42.1 Å². The standard InChI is InChI=1S/C44H54N4OS4Si2.C40H40N4S4.C4H14OSi2/c1-6-7-8-15-18-35(33(29-45)30-46)37-20-22-39(50-37)41-24-26-43(52-41)44-27-25-42(53-44)40-23-21-38(51-40)36(34(31-47)32-48)19-16-13-11-9-10-12-14-17-28-55(4,5)49-54(2)3;1-3-5-7-9-10-11-12-14-16-32(30(27-43)28-44)34-18-20-36(46-34)38-22-24-40(48-38)39-23-21-37(47-39)35-19-17-33(45-35)31(29(25-41)26-42)15-13-8-6-4-2;1-6(2)5-7(3)4/h20-27,54H,6-19,28H2,1-5H3;3,17-24H,1,4-16H2,2H3;6-7H,1-4H3. The highest BCUT2D eigenvalue weighted by Gasteiger charge is 2.24. The Bertz CT molecular complexity index is 4620. The first-order valence-corrected chi connectivity index (χ1v) is 57.2. The van der Waals surface area contributed by atoms with Crippen LogP contribution >= 0.6 is 90.7 Å². The van der Waals surface area contributed by atoms with Crippen LogP contribution in [0.3, 0.4) is 0 Å². The SMILES string of the molecule is C=CCCCCCCCCC(=C(C#N)C#N)c1ccc(-c2ccc(-c3ccc(-c4ccc(C(CCCCCC)=C(C#N)C#N)s4)s3)s2)s1.CCCCCCC(=C(C#N)C#N)c1ccc(-c2ccc(-c3ccc(-c4ccc(C(CCCCCCCCCC[Si](C)(C)O[SiH](C)C)=C(C#N)C#N)s4)s3)s2)s1.C[SiH](C)O[SiH](C)C. The Morgan fingerprint density at radius 2 is 0.536 bits per heavy atom. The maximum absolute atomic E-state index is 9.81. The molecule has 0 unspecified atom stereocenters. The number of hydrogen-bond acceptors (Lipinski definition) is 18. The van der Waals surface area contributed by atoms with Crippen LogP contribution in [0.4, 0.5) is 0 Å². The molecule has 576 valence electrons. The second kappa shape index (κ2) is 50.9. The van der Waals surface area contributed by atoms with Gasteiger partial charge in [0.25, 0.3) is 0 Å². The van der Waals surface area contributed by atoms with E-state index in [0.717, 1.165) is 170 Å². The second-order valence-corrected chi connectivity index (χ2v) is 49.7. The lowest BCUT2D eigenvalue weighted by Gasteiger charge is -2.25. The Labute approximate surface area is 696 Å². The van der Waals surface area contributed by atoms with E-state index in [1.165, 1.54) is 109 Å². The van der Waals surface area contributed by atoms with Gasteiger partial charge in [0.05, 0.1) is 0 Å². The van der Waals surface area contributed by atoms with E-state index in [1.807, 2.05) is 6.08 Å². The average molecular weight is 1680 g/mol. The number of rotatable bonds is 44. The van der Waals surface area contributed by atoms with Gasteiger partial charge in [0.1, 0.15) is 70.8 Å². The van der Waals surface area contributed by atoms with Crippen molar-refractivity contribution in [3.63, 3.8) is 0 Å². The Balaban J connectivity index is 0.000000318. The fourth-order valence-corrected chi connectivity index (χ4v) is 32.9. The Kier molecular flexibility index (Phi) is 42.5. The minimum atomic E-state index is -1.46. The van der Waals surface area contributed by atoms with Crippen LogP contribution in [0, 0.1) is 90.6 Å². The molecule has 8 heterocycles. The van der Waals surface area contributed by atoms with Gasteiger partial charge in [-0.15, -0.1) is 97.3 Å². The molecular weight excluding hydrogens is 1570 g/mol. The molecule has 0 aliphatic rings. The first kappa shape index (κ1) is 91.9. The topological polar surface area (TPSA) is 209 Å². The summed E-state index contributed by atoms with van der Waals surface area (Å²) >= 11 is 13.6. The van der Waals surface area contributed by atoms with Gasteiger partial charge in [-0.05, 0) is 242 Å². The summed E-state index contributed by atoms with van der Waals surface area (Å²) in [5.41, 5.74) is 4.38. The maximum Gasteiger partial charge on any atom is 0.173 e. The van der Waals surface area contributed by atoms with Crippen LogP contribution in [0.15, 0.2) is 132 Å². The lowest BCUT2D eigenvalue weighted by molar-refractivity contribution is 0.548. The van der Waals surface area contributed by atoms with Crippen molar-refractivity contribution >= 4 is 148 Å². The third-order valence-corrected chi connectivity index (χ3v) is 38.7. The largest absolute Gasteiger partial charge is 0.461 e. The van der Waals surface area contributed by atoms with Crippen molar-refractivity contribution in [1.29, 1.82) is 42.1 Å². The predicted octanol–water partition coefficient (Wildman–Crippen LogP) is 30.0. The zero-order valence-corrected chi connectivity index (χ0v) is 77.2. The molecular formula is C88H108N8O2S8Si4. The molecule has 0 aliphatic heterocycles. The zero-order valence-electron chi connectivity index (χ0n) is 66.2. The molecule has 0 saturated heterocycles. The van der Waals surface area contributed by atoms with Gasteiger partial charge >= 0.3 is 0 Å². The molecule has 0 radical (unpaired) electrons. The molecule has 0 N–H and O–H groups in total. The predicted molar refractivity (Wildman–Crippen MR) is 488 cm³/mol. The lowest BCUT2D eigenvalue weighted by Crippen LogP contribution is -2.34. The monoisotopic (exact) mass is 1680 g/mol. The van der Waals surface area contributed by atoms with Gasteiger partial charge in [0.15, 0.2) is 35.4 Å². The van der Waals surface area contributed by atoms with E-state index in [-0.39, 0.29) is 22.3 Å². The van der Waals surface area contributed by atoms with Crippen LogP contribution in [0.5, 0.6) is 0 Å². The van der Waals surface area contributed by atoms with Crippen molar-refractivity contribution in [3.05, 3.63) is 152 Å². The van der Waals surface area contributed by atoms with Crippen LogP contribution in [0.2, 0.25) is 58.4 Å². The molecule has 0 bridgehead atoms. The maximum atomic E-state index is 9.81. The van der Waals surface area contributed by atoms with Crippen molar-refractivity contribution in [3.8, 4) is 107 Å². The fourth-order valence-electron chi connectivity index (χ4n) is 13.0. The first-order chi connectivity index (χ1) is 53.3. The molecule has 0 aliphatic carbocycles. The molecule has 0 aromatic carbocycles. The van der Waals surface area contributed by atoms with Gasteiger partial charge in [0.2, 0.25) is 0 Å². The summed E-state index contributed by atoms with van der Waals surface area (Å²) in [5.74, 6) is 0. The van der Waals surface area contributed by atoms with E-state index in [9.17, 15) is 42.1 Å². The van der Waals surface area contributed by atoms with E-state index in [2.05, 4.69) is 218 Å². The first-order valence-electron chi connectivity index (χ1n) is 39.2. The fraction of sp³-hybridized carbons (Fsp3) is 0.432. The molecule has 8 rings (SSSR count). The van der Waals surface area contributed by atoms with Gasteiger partial charge in [-0.25, -0.2) is 0 Å². The Hall–Kier alpha value is -6.99. The van der Waals surface area contributed by atoms with Gasteiger partial charge < -0.3 is 8.23 Å². The molecule has 8 aromatic rings. The minimum Gasteiger partial charge on any atom is -0.461 e. The smallest absolute Gasteiger partial charge is 0.173 e. The third-order valence-electron chi connectivity index (χ3n) is 18.3. The number of nitrogens with zero attached hydrogens (tertiary/aromatic N) is 8. The molecule has 22 heteroatoms. The molecule has 0 amide bonds. The van der Waals surface area contributed by atoms with Gasteiger partial charge in [0, 0.05) is 78.0 Å². The molecule has 10 nitrogen and oxygen atoms in total. The number of thiophene rings is 8. The summed E-state index contributed by atoms with van der Waals surface area (Å²) in [6, 6.07) is 52.4. The number of unbranched alkanes of at least 4 members (excludes halogenated alkanes) is 19. The zero-order chi connectivity index (χ0) is 79.6. The van der Waals surface area contributed by atoms with Crippen LogP contribution in [0.25, 0.3) is 80.8 Å². The summed E-state index contributed by atoms with van der Waals surface area (Å²) in [6.07, 6.45) is 31.3. The normalized spacial score (nSPS) is 10.8. The van der Waals surface area contributed by atoms with E-state index in [1.54, 1.807) is 90.7 Å². The minimum absolute atomic E-state index is 0.221. The van der Waals surface area contributed by atoms with Crippen molar-refractivity contribution in [2.75, 3.05) is 0 Å². The van der Waals surface area contributed by atoms with Crippen LogP contribution < -0.4 is 0 Å². The quantitative estimate of drug-likeness (QED) is 0.0153. The van der Waals surface area contributed by atoms with Gasteiger partial charge in [-0.1, -0.05) is 129 Å². The molecule has 0 fully saturated rings. The van der Waals surface area contributed by atoms with Crippen molar-refractivity contribution in [1.82, 2.24) is 0 Å². The highest BCUT2D eigenvalue weighted by molar-refractivity contribution is 7.30. The highest BCUT2D eigenvalue weighted by Crippen LogP contribution is 2.48. The molecule has 0 spiro atoms. The summed E-state index contributed by atoms with van der Waals surface area (Å²) in [4.78, 5) is 18.1. The van der Waals surface area contributed by atoms with Crippen LogP contribution in [-0.2, 0) is 8.23 Å². The van der Waals surface area contributed by atoms with E-state index < -0.39 is 35.4 Å². The van der Waals surface area contributed by atoms with Crippen LogP contribution in [-0.4, -0.2) is 35.4 Å². The van der Waals surface area contributed by atoms with Crippen molar-refractivity contribution in [2.24, 2.45) is 0 Å². The number of allylic oxidation sites excluding steroid dienone is 9. The van der Waals surface area contributed by atoms with E-state index in [4.69, 9.17) is 8.23 Å². The van der Waals surface area contributed by atoms with Gasteiger partial charge in [-0.3, -0.25) is 0 Å². The van der Waals surface area contributed by atoms with Crippen LogP contribution in [0.1, 0.15) is 207 Å². The van der Waals surface area contributed by atoms with E-state index in [0.29, 0.717) is 0 Å². The summed E-state index contributed by atoms with van der Waals surface area (Å²) in [7, 11) is -3.74. The summed E-state index contributed by atoms with van der Waals surface area (Å²) in [6.45, 7) is 26.3. The number of nitriles is 8. The number of hydrogen-bond donors (Lipinski definition) is 0. The second-order valence-electron chi connectivity index (χ2n) is 28.7. The molecule has 0 atom stereocenters. The third kappa shape index (κ3) is 30.5. The Morgan fingerprint density at radius 1 is 0.318 bits per heavy atom. The molecule has 110 heavy (non-hydrogen) atoms. The average Bonchev–Trinajstić information content (AvgIpc) is 1.67. The summed E-state index contributed by atoms with van der Waals surface area (Å²) in [5, 5.41) is 77.5. The van der Waals surface area contributed by atoms with Crippen molar-refractivity contribution < 1.29 is 8.23 Å².